The summed E-state index contributed by atoms with van der Waals surface area (Å²) in [5.74, 6) is 0.887. The first-order valence-electron chi connectivity index (χ1n) is 9.87. The molecular weight excluding hydrogens is 398 g/mol. The highest BCUT2D eigenvalue weighted by Crippen LogP contribution is 2.30. The summed E-state index contributed by atoms with van der Waals surface area (Å²) in [7, 11) is 3.08. The first-order chi connectivity index (χ1) is 14.9. The van der Waals surface area contributed by atoms with E-state index in [0.29, 0.717) is 33.9 Å². The van der Waals surface area contributed by atoms with E-state index < -0.39 is 5.63 Å². The molecule has 0 saturated heterocycles. The van der Waals surface area contributed by atoms with Crippen molar-refractivity contribution < 1.29 is 23.1 Å². The van der Waals surface area contributed by atoms with Gasteiger partial charge in [0.2, 0.25) is 5.91 Å². The maximum Gasteiger partial charge on any atom is 0.339 e. The Kier molecular flexibility index (Phi) is 5.42. The minimum absolute atomic E-state index is 0.124. The summed E-state index contributed by atoms with van der Waals surface area (Å²) in [6.45, 7) is 3.84. The summed E-state index contributed by atoms with van der Waals surface area (Å²) in [5.41, 5.74) is 3.55. The first kappa shape index (κ1) is 20.5. The number of hydrogen-bond donors (Lipinski definition) is 1. The second-order valence-corrected chi connectivity index (χ2v) is 7.37. The van der Waals surface area contributed by atoms with Gasteiger partial charge in [-0.25, -0.2) is 4.79 Å². The Morgan fingerprint density at radius 1 is 1.03 bits per heavy atom. The van der Waals surface area contributed by atoms with Crippen LogP contribution in [0.2, 0.25) is 0 Å². The zero-order valence-corrected chi connectivity index (χ0v) is 17.8. The molecule has 0 spiro atoms. The van der Waals surface area contributed by atoms with Crippen LogP contribution in [-0.4, -0.2) is 20.1 Å². The molecule has 1 N–H and O–H groups in total. The summed E-state index contributed by atoms with van der Waals surface area (Å²) in [6, 6.07) is 8.84. The van der Waals surface area contributed by atoms with Crippen molar-refractivity contribution in [2.45, 2.75) is 26.7 Å². The van der Waals surface area contributed by atoms with E-state index in [1.807, 2.05) is 19.9 Å². The number of nitrogens with one attached hydrogen (secondary N) is 1. The van der Waals surface area contributed by atoms with Crippen LogP contribution in [0.1, 0.15) is 23.1 Å². The highest BCUT2D eigenvalue weighted by molar-refractivity contribution is 5.96. The molecule has 31 heavy (non-hydrogen) atoms. The monoisotopic (exact) mass is 421 g/mol. The van der Waals surface area contributed by atoms with Gasteiger partial charge in [-0.05, 0) is 49.6 Å². The van der Waals surface area contributed by atoms with Crippen LogP contribution in [-0.2, 0) is 11.2 Å². The van der Waals surface area contributed by atoms with Crippen molar-refractivity contribution in [1.29, 1.82) is 0 Å². The Balaban J connectivity index is 1.57. The van der Waals surface area contributed by atoms with Crippen molar-refractivity contribution in [3.8, 4) is 11.5 Å². The van der Waals surface area contributed by atoms with Crippen LogP contribution in [0.15, 0.2) is 50.2 Å². The Hall–Kier alpha value is -3.74. The maximum atomic E-state index is 12.6. The van der Waals surface area contributed by atoms with E-state index in [4.69, 9.17) is 18.3 Å². The number of benzene rings is 2. The van der Waals surface area contributed by atoms with Crippen molar-refractivity contribution in [3.63, 3.8) is 0 Å². The van der Waals surface area contributed by atoms with Crippen LogP contribution in [0, 0.1) is 13.8 Å². The lowest BCUT2D eigenvalue weighted by Crippen LogP contribution is -2.17. The average molecular weight is 421 g/mol. The summed E-state index contributed by atoms with van der Waals surface area (Å²) < 4.78 is 21.5. The van der Waals surface area contributed by atoms with Gasteiger partial charge in [0.05, 0.1) is 26.2 Å². The molecule has 2 aromatic heterocycles. The number of anilines is 1. The fourth-order valence-electron chi connectivity index (χ4n) is 3.68. The molecule has 7 nitrogen and oxygen atoms in total. The molecule has 0 fully saturated rings. The predicted octanol–water partition coefficient (Wildman–Crippen LogP) is 4.74. The first-order valence-corrected chi connectivity index (χ1v) is 9.87. The molecule has 0 unspecified atom stereocenters. The van der Waals surface area contributed by atoms with E-state index in [1.54, 1.807) is 37.6 Å². The van der Waals surface area contributed by atoms with Gasteiger partial charge in [0, 0.05) is 34.9 Å². The molecule has 160 valence electrons. The van der Waals surface area contributed by atoms with Crippen LogP contribution in [0.5, 0.6) is 11.5 Å². The van der Waals surface area contributed by atoms with Crippen molar-refractivity contribution in [2.75, 3.05) is 19.5 Å². The number of methoxy groups -OCH3 is 2. The molecule has 2 aromatic carbocycles. The zero-order valence-electron chi connectivity index (χ0n) is 17.8. The van der Waals surface area contributed by atoms with Crippen molar-refractivity contribution >= 4 is 33.5 Å². The fraction of sp³-hybridized carbons (Fsp3) is 0.250. The molecule has 7 heteroatoms. The van der Waals surface area contributed by atoms with Gasteiger partial charge in [-0.2, -0.15) is 0 Å². The van der Waals surface area contributed by atoms with Crippen molar-refractivity contribution in [2.24, 2.45) is 0 Å². The number of amides is 1. The highest BCUT2D eigenvalue weighted by atomic mass is 16.5. The van der Waals surface area contributed by atoms with E-state index in [2.05, 4.69) is 5.32 Å². The Morgan fingerprint density at radius 3 is 2.58 bits per heavy atom. The average Bonchev–Trinajstić information content (AvgIpc) is 3.12. The molecule has 0 saturated carbocycles. The van der Waals surface area contributed by atoms with Gasteiger partial charge in [0.25, 0.3) is 0 Å². The number of carbonyl (C=O) groups is 1. The summed E-state index contributed by atoms with van der Waals surface area (Å²) in [5, 5.41) is 4.63. The van der Waals surface area contributed by atoms with E-state index in [0.717, 1.165) is 21.9 Å². The number of carbonyl (C=O) groups excluding carboxylic acids is 1. The molecule has 1 amide bonds. The standard InChI is InChI=1S/C24H23NO6/c1-13-12-30-20-11-21-18(10-17(13)20)14(2)16(24(27)31-21)6-8-23(26)25-19-7-5-15(28-3)9-22(19)29-4/h5,7,9-12H,6,8H2,1-4H3,(H,25,26). The number of fused-ring (bicyclic) bond motifs is 2. The van der Waals surface area contributed by atoms with E-state index >= 15 is 0 Å². The summed E-state index contributed by atoms with van der Waals surface area (Å²) in [4.78, 5) is 25.1. The third-order valence-electron chi connectivity index (χ3n) is 5.46. The third kappa shape index (κ3) is 3.86. The molecular formula is C24H23NO6. The molecule has 0 radical (unpaired) electrons. The zero-order chi connectivity index (χ0) is 22.1. The second kappa shape index (κ2) is 8.18. The SMILES string of the molecule is COc1ccc(NC(=O)CCc2c(C)c3cc4c(C)coc4cc3oc2=O)c(OC)c1. The maximum absolute atomic E-state index is 12.6. The molecule has 0 bridgehead atoms. The normalized spacial score (nSPS) is 11.1. The summed E-state index contributed by atoms with van der Waals surface area (Å²) in [6.07, 6.45) is 2.06. The lowest BCUT2D eigenvalue weighted by Gasteiger charge is -2.12. The largest absolute Gasteiger partial charge is 0.497 e. The smallest absolute Gasteiger partial charge is 0.339 e. The van der Waals surface area contributed by atoms with Gasteiger partial charge in [-0.1, -0.05) is 0 Å². The van der Waals surface area contributed by atoms with E-state index in [1.165, 1.54) is 7.11 Å². The van der Waals surface area contributed by atoms with Gasteiger partial charge < -0.3 is 23.6 Å². The second-order valence-electron chi connectivity index (χ2n) is 7.37. The molecule has 0 atom stereocenters. The minimum atomic E-state index is -0.442. The molecule has 4 aromatic rings. The molecule has 2 heterocycles. The number of aryl methyl sites for hydroxylation is 2. The Labute approximate surface area is 178 Å². The highest BCUT2D eigenvalue weighted by Gasteiger charge is 2.16. The summed E-state index contributed by atoms with van der Waals surface area (Å²) >= 11 is 0. The molecule has 0 aliphatic rings. The van der Waals surface area contributed by atoms with Gasteiger partial charge in [-0.15, -0.1) is 0 Å². The van der Waals surface area contributed by atoms with Gasteiger partial charge in [0.1, 0.15) is 22.7 Å². The van der Waals surface area contributed by atoms with E-state index in [-0.39, 0.29) is 18.7 Å². The van der Waals surface area contributed by atoms with E-state index in [9.17, 15) is 9.59 Å². The number of rotatable bonds is 6. The third-order valence-corrected chi connectivity index (χ3v) is 5.46. The lowest BCUT2D eigenvalue weighted by molar-refractivity contribution is -0.116. The lowest BCUT2D eigenvalue weighted by atomic mass is 10.0. The Morgan fingerprint density at radius 2 is 1.84 bits per heavy atom. The number of hydrogen-bond acceptors (Lipinski definition) is 6. The Bertz CT molecular complexity index is 1350. The van der Waals surface area contributed by atoms with Crippen LogP contribution in [0.4, 0.5) is 5.69 Å². The minimum Gasteiger partial charge on any atom is -0.497 e. The van der Waals surface area contributed by atoms with Crippen LogP contribution in [0.25, 0.3) is 21.9 Å². The molecule has 0 aliphatic carbocycles. The van der Waals surface area contributed by atoms with Crippen LogP contribution >= 0.6 is 0 Å². The molecule has 0 aliphatic heterocycles. The van der Waals surface area contributed by atoms with Gasteiger partial charge in [-0.3, -0.25) is 4.79 Å². The van der Waals surface area contributed by atoms with Crippen molar-refractivity contribution in [3.05, 3.63) is 63.7 Å². The molecule has 4 rings (SSSR count). The van der Waals surface area contributed by atoms with Gasteiger partial charge >= 0.3 is 5.63 Å². The number of ether oxygens (including phenoxy) is 2. The van der Waals surface area contributed by atoms with Crippen LogP contribution in [0.3, 0.4) is 0 Å². The number of furan rings is 1. The topological polar surface area (TPSA) is 90.9 Å². The van der Waals surface area contributed by atoms with Gasteiger partial charge in [0.15, 0.2) is 0 Å². The predicted molar refractivity (Wildman–Crippen MR) is 118 cm³/mol. The quantitative estimate of drug-likeness (QED) is 0.452. The van der Waals surface area contributed by atoms with Crippen molar-refractivity contribution in [1.82, 2.24) is 0 Å². The fourth-order valence-corrected chi connectivity index (χ4v) is 3.68. The van der Waals surface area contributed by atoms with Crippen LogP contribution < -0.4 is 20.4 Å².